The number of amides is 1. The van der Waals surface area contributed by atoms with Crippen LogP contribution in [0.2, 0.25) is 25.7 Å². The van der Waals surface area contributed by atoms with Gasteiger partial charge in [-0.15, -0.1) is 0 Å². The van der Waals surface area contributed by atoms with Gasteiger partial charge in [-0.25, -0.2) is 0 Å². The fraction of sp³-hybridized carbons (Fsp3) is 0.381. The molecule has 28 heavy (non-hydrogen) atoms. The van der Waals surface area contributed by atoms with Gasteiger partial charge in [0.25, 0.3) is 5.91 Å². The van der Waals surface area contributed by atoms with Gasteiger partial charge in [0.1, 0.15) is 11.5 Å². The summed E-state index contributed by atoms with van der Waals surface area (Å²) in [5, 5.41) is 2.93. The minimum atomic E-state index is -1.14. The van der Waals surface area contributed by atoms with Gasteiger partial charge in [0.2, 0.25) is 0 Å². The molecule has 0 aliphatic carbocycles. The zero-order chi connectivity index (χ0) is 20.3. The van der Waals surface area contributed by atoms with Gasteiger partial charge in [0.15, 0.2) is 12.9 Å². The Morgan fingerprint density at radius 3 is 2.75 bits per heavy atom. The van der Waals surface area contributed by atoms with Crippen molar-refractivity contribution < 1.29 is 19.0 Å². The molecule has 0 aromatic heterocycles. The van der Waals surface area contributed by atoms with Crippen LogP contribution in [0.3, 0.4) is 0 Å². The lowest BCUT2D eigenvalue weighted by atomic mass is 10.00. The molecule has 7 heteroatoms. The number of hydrogen-bond acceptors (Lipinski definition) is 4. The van der Waals surface area contributed by atoms with Gasteiger partial charge in [-0.3, -0.25) is 4.79 Å². The Bertz CT molecular complexity index is 866. The van der Waals surface area contributed by atoms with Gasteiger partial charge in [0.05, 0.1) is 5.56 Å². The van der Waals surface area contributed by atoms with Crippen LogP contribution in [0, 0.1) is 0 Å². The van der Waals surface area contributed by atoms with E-state index in [0.29, 0.717) is 18.1 Å². The molecule has 0 saturated carbocycles. The minimum Gasteiger partial charge on any atom is -0.480 e. The third-order valence-corrected chi connectivity index (χ3v) is 6.66. The highest BCUT2D eigenvalue weighted by Crippen LogP contribution is 2.44. The van der Waals surface area contributed by atoms with Crippen molar-refractivity contribution in [3.8, 4) is 22.6 Å². The summed E-state index contributed by atoms with van der Waals surface area (Å²) < 4.78 is 18.5. The van der Waals surface area contributed by atoms with E-state index in [2.05, 4.69) is 40.9 Å². The molecule has 0 fully saturated rings. The van der Waals surface area contributed by atoms with Crippen LogP contribution in [0.1, 0.15) is 6.92 Å². The minimum absolute atomic E-state index is 0.173. The van der Waals surface area contributed by atoms with Crippen LogP contribution in [-0.2, 0) is 9.53 Å². The van der Waals surface area contributed by atoms with Crippen LogP contribution in [0.4, 0.5) is 5.69 Å². The van der Waals surface area contributed by atoms with E-state index in [4.69, 9.17) is 14.2 Å². The highest BCUT2D eigenvalue weighted by atomic mass is 79.9. The largest absolute Gasteiger partial charge is 0.480 e. The third kappa shape index (κ3) is 5.15. The van der Waals surface area contributed by atoms with Crippen LogP contribution < -0.4 is 14.8 Å². The van der Waals surface area contributed by atoms with Gasteiger partial charge in [-0.2, -0.15) is 0 Å². The van der Waals surface area contributed by atoms with Crippen molar-refractivity contribution in [3.63, 3.8) is 0 Å². The second-order valence-electron chi connectivity index (χ2n) is 8.05. The van der Waals surface area contributed by atoms with E-state index >= 15 is 0 Å². The maximum Gasteiger partial charge on any atom is 0.265 e. The van der Waals surface area contributed by atoms with E-state index in [9.17, 15) is 4.79 Å². The van der Waals surface area contributed by atoms with Crippen molar-refractivity contribution in [1.82, 2.24) is 0 Å². The molecule has 5 nitrogen and oxygen atoms in total. The lowest BCUT2D eigenvalue weighted by Crippen LogP contribution is -2.31. The summed E-state index contributed by atoms with van der Waals surface area (Å²) in [7, 11) is -1.14. The number of carbonyl (C=O) groups excluding carboxylic acids is 1. The van der Waals surface area contributed by atoms with E-state index < -0.39 is 14.2 Å². The fourth-order valence-corrected chi connectivity index (χ4v) is 3.97. The number of rotatable bonds is 6. The van der Waals surface area contributed by atoms with Crippen molar-refractivity contribution in [2.75, 3.05) is 18.7 Å². The first-order chi connectivity index (χ1) is 13.2. The average molecular weight is 464 g/mol. The predicted octanol–water partition coefficient (Wildman–Crippen LogP) is 5.53. The first kappa shape index (κ1) is 20.9. The van der Waals surface area contributed by atoms with Crippen molar-refractivity contribution >= 4 is 35.6 Å². The monoisotopic (exact) mass is 463 g/mol. The number of ether oxygens (including phenoxy) is 3. The molecule has 0 unspecified atom stereocenters. The molecule has 1 aliphatic rings. The first-order valence-corrected chi connectivity index (χ1v) is 13.9. The lowest BCUT2D eigenvalue weighted by Gasteiger charge is -2.25. The standard InChI is InChI=1S/C21H26BrNO4Si/c1-14-21(24)23-17-9-8-15(22)12-16(17)20-18(6-5-7-19(20)27-14)26-13-25-10-11-28(2,3)4/h5-9,12,14H,10-11,13H2,1-4H3,(H,23,24)/t14-/m0/s1. The van der Waals surface area contributed by atoms with Crippen LogP contribution in [-0.4, -0.2) is 33.5 Å². The zero-order valence-corrected chi connectivity index (χ0v) is 19.3. The smallest absolute Gasteiger partial charge is 0.265 e. The normalized spacial score (nSPS) is 16.2. The van der Waals surface area contributed by atoms with E-state index in [1.165, 1.54) is 0 Å². The summed E-state index contributed by atoms with van der Waals surface area (Å²) in [6.07, 6.45) is -0.612. The maximum absolute atomic E-state index is 12.3. The SMILES string of the molecule is C[C@@H]1Oc2cccc(OCOCC[Si](C)(C)C)c2-c2cc(Br)ccc2NC1=O. The Hall–Kier alpha value is -1.83. The molecule has 0 saturated heterocycles. The lowest BCUT2D eigenvalue weighted by molar-refractivity contribution is -0.122. The summed E-state index contributed by atoms with van der Waals surface area (Å²) in [6, 6.07) is 12.4. The van der Waals surface area contributed by atoms with Crippen molar-refractivity contribution in [2.24, 2.45) is 0 Å². The van der Waals surface area contributed by atoms with Gasteiger partial charge < -0.3 is 19.5 Å². The Morgan fingerprint density at radius 2 is 2.00 bits per heavy atom. The molecule has 2 aromatic carbocycles. The Morgan fingerprint density at radius 1 is 1.21 bits per heavy atom. The molecule has 0 bridgehead atoms. The van der Waals surface area contributed by atoms with Crippen molar-refractivity contribution in [3.05, 3.63) is 40.9 Å². The number of fused-ring (bicyclic) bond motifs is 3. The van der Waals surface area contributed by atoms with Crippen molar-refractivity contribution in [1.29, 1.82) is 0 Å². The van der Waals surface area contributed by atoms with E-state index in [0.717, 1.165) is 27.3 Å². The number of carbonyl (C=O) groups is 1. The number of benzene rings is 2. The fourth-order valence-electron chi connectivity index (χ4n) is 2.85. The molecule has 1 atom stereocenters. The molecular weight excluding hydrogens is 438 g/mol. The molecule has 3 rings (SSSR count). The predicted molar refractivity (Wildman–Crippen MR) is 118 cm³/mol. The third-order valence-electron chi connectivity index (χ3n) is 4.46. The molecule has 1 heterocycles. The summed E-state index contributed by atoms with van der Waals surface area (Å²) in [5.41, 5.74) is 2.36. The van der Waals surface area contributed by atoms with Crippen LogP contribution >= 0.6 is 15.9 Å². The average Bonchev–Trinajstić information content (AvgIpc) is 2.61. The summed E-state index contributed by atoms with van der Waals surface area (Å²) >= 11 is 3.52. The van der Waals surface area contributed by atoms with Gasteiger partial charge in [0, 0.05) is 30.4 Å². The summed E-state index contributed by atoms with van der Waals surface area (Å²) in [4.78, 5) is 12.3. The molecular formula is C21H26BrNO4Si. The molecule has 0 spiro atoms. The van der Waals surface area contributed by atoms with Gasteiger partial charge >= 0.3 is 0 Å². The molecule has 0 radical (unpaired) electrons. The maximum atomic E-state index is 12.3. The van der Waals surface area contributed by atoms with Gasteiger partial charge in [-0.1, -0.05) is 41.6 Å². The molecule has 1 amide bonds. The van der Waals surface area contributed by atoms with Crippen LogP contribution in [0.15, 0.2) is 40.9 Å². The molecule has 1 N–H and O–H groups in total. The van der Waals surface area contributed by atoms with E-state index in [1.807, 2.05) is 36.4 Å². The molecule has 150 valence electrons. The number of halogens is 1. The van der Waals surface area contributed by atoms with E-state index in [-0.39, 0.29) is 12.7 Å². The number of nitrogens with one attached hydrogen (secondary N) is 1. The highest BCUT2D eigenvalue weighted by Gasteiger charge is 2.25. The molecule has 1 aliphatic heterocycles. The first-order valence-electron chi connectivity index (χ1n) is 9.35. The molecule has 2 aromatic rings. The summed E-state index contributed by atoms with van der Waals surface area (Å²) in [5.74, 6) is 1.09. The second kappa shape index (κ2) is 8.67. The van der Waals surface area contributed by atoms with Crippen LogP contribution in [0.25, 0.3) is 11.1 Å². The highest BCUT2D eigenvalue weighted by molar-refractivity contribution is 9.10. The zero-order valence-electron chi connectivity index (χ0n) is 16.7. The topological polar surface area (TPSA) is 56.8 Å². The number of anilines is 1. The van der Waals surface area contributed by atoms with E-state index in [1.54, 1.807) is 6.92 Å². The van der Waals surface area contributed by atoms with Crippen LogP contribution in [0.5, 0.6) is 11.5 Å². The quantitative estimate of drug-likeness (QED) is 0.347. The number of hydrogen-bond donors (Lipinski definition) is 1. The Kier molecular flexibility index (Phi) is 6.47. The summed E-state index contributed by atoms with van der Waals surface area (Å²) in [6.45, 7) is 9.55. The Labute approximate surface area is 175 Å². The Balaban J connectivity index is 1.89. The van der Waals surface area contributed by atoms with Crippen molar-refractivity contribution in [2.45, 2.75) is 38.7 Å². The van der Waals surface area contributed by atoms with Gasteiger partial charge in [-0.05, 0) is 43.3 Å². The second-order valence-corrected chi connectivity index (χ2v) is 14.6.